The van der Waals surface area contributed by atoms with Crippen LogP contribution in [0.5, 0.6) is 11.8 Å². The van der Waals surface area contributed by atoms with Crippen LogP contribution in [-0.4, -0.2) is 36.6 Å². The van der Waals surface area contributed by atoms with Gasteiger partial charge in [-0.1, -0.05) is 24.3 Å². The van der Waals surface area contributed by atoms with Crippen molar-refractivity contribution in [1.29, 1.82) is 0 Å². The fourth-order valence-electron chi connectivity index (χ4n) is 4.03. The number of alkyl halides is 3. The van der Waals surface area contributed by atoms with Crippen molar-refractivity contribution in [1.82, 2.24) is 29.5 Å². The van der Waals surface area contributed by atoms with E-state index < -0.39 is 17.9 Å². The summed E-state index contributed by atoms with van der Waals surface area (Å²) in [4.78, 5) is 21.6. The third kappa shape index (κ3) is 6.10. The fourth-order valence-corrected chi connectivity index (χ4v) is 4.03. The van der Waals surface area contributed by atoms with Crippen LogP contribution in [0.1, 0.15) is 47.3 Å². The molecule has 12 heteroatoms. The van der Waals surface area contributed by atoms with Crippen molar-refractivity contribution in [2.45, 2.75) is 44.5 Å². The third-order valence-electron chi connectivity index (χ3n) is 6.15. The number of ether oxygens (including phenoxy) is 2. The summed E-state index contributed by atoms with van der Waals surface area (Å²) in [6.07, 6.45) is 1.60. The van der Waals surface area contributed by atoms with E-state index in [1.807, 2.05) is 6.92 Å². The monoisotopic (exact) mass is 529 g/mol. The predicted molar refractivity (Wildman–Crippen MR) is 133 cm³/mol. The number of rotatable bonds is 8. The molecule has 0 unspecified atom stereocenters. The summed E-state index contributed by atoms with van der Waals surface area (Å²) in [7, 11) is 1.54. The number of hydrogen-bond donors (Lipinski definition) is 0. The van der Waals surface area contributed by atoms with Gasteiger partial charge in [0, 0.05) is 29.4 Å². The number of methoxy groups -OCH3 is 1. The van der Waals surface area contributed by atoms with Crippen molar-refractivity contribution in [2.75, 3.05) is 7.11 Å². The van der Waals surface area contributed by atoms with Crippen LogP contribution in [0.2, 0.25) is 0 Å². The summed E-state index contributed by atoms with van der Waals surface area (Å²) < 4.78 is 52.4. The van der Waals surface area contributed by atoms with E-state index in [0.29, 0.717) is 34.6 Å². The van der Waals surface area contributed by atoms with E-state index in [0.717, 1.165) is 35.9 Å². The smallest absolute Gasteiger partial charge is 0.480 e. The van der Waals surface area contributed by atoms with Crippen LogP contribution in [0.3, 0.4) is 0 Å². The van der Waals surface area contributed by atoms with E-state index in [2.05, 4.69) is 38.8 Å². The topological polar surface area (TPSA) is 87.8 Å². The Labute approximate surface area is 236 Å². The van der Waals surface area contributed by atoms with Gasteiger partial charge in [-0.2, -0.15) is 18.2 Å². The van der Waals surface area contributed by atoms with Gasteiger partial charge in [-0.25, -0.2) is 26.0 Å². The molecule has 198 valence electrons. The molecule has 8 nitrogen and oxygen atoms in total. The van der Waals surface area contributed by atoms with Crippen molar-refractivity contribution >= 4 is 0 Å². The van der Waals surface area contributed by atoms with Gasteiger partial charge in [0.1, 0.15) is 24.3 Å². The van der Waals surface area contributed by atoms with Crippen LogP contribution in [0, 0.1) is 20.8 Å². The number of imidazole rings is 1. The molecule has 0 atom stereocenters. The molecule has 0 amide bonds. The minimum Gasteiger partial charge on any atom is -0.480 e. The van der Waals surface area contributed by atoms with Gasteiger partial charge < -0.3 is 27.9 Å². The molecule has 0 saturated heterocycles. The molecule has 1 aliphatic rings. The first-order valence-corrected chi connectivity index (χ1v) is 11.9. The van der Waals surface area contributed by atoms with Gasteiger partial charge in [0.15, 0.2) is 11.5 Å². The Morgan fingerprint density at radius 2 is 1.77 bits per heavy atom. The fraction of sp³-hybridized carbons (Fsp3) is 0.296. The molecule has 3 heterocycles. The first-order chi connectivity index (χ1) is 18.2. The normalized spacial score (nSPS) is 13.3. The van der Waals surface area contributed by atoms with Gasteiger partial charge in [-0.3, -0.25) is 0 Å². The van der Waals surface area contributed by atoms with Crippen molar-refractivity contribution < 1.29 is 41.5 Å². The first kappa shape index (κ1) is 28.6. The molecule has 3 aromatic heterocycles. The summed E-state index contributed by atoms with van der Waals surface area (Å²) in [6, 6.07) is 6.22. The molecule has 1 saturated carbocycles. The largest absolute Gasteiger partial charge is 1.00 e. The molecule has 1 fully saturated rings. The zero-order valence-corrected chi connectivity index (χ0v) is 21.9. The maximum absolute atomic E-state index is 13.2. The van der Waals surface area contributed by atoms with Crippen molar-refractivity contribution in [2.24, 2.45) is 0 Å². The summed E-state index contributed by atoms with van der Waals surface area (Å²) >= 11 is 0. The maximum Gasteiger partial charge on any atom is 1.00 e. The first-order valence-electron chi connectivity index (χ1n) is 11.9. The number of hydrogen-bond acceptors (Lipinski definition) is 7. The van der Waals surface area contributed by atoms with E-state index in [4.69, 9.17) is 9.47 Å². The molecular formula is C27H25F3LiN6O2-. The van der Waals surface area contributed by atoms with E-state index in [9.17, 15) is 13.2 Å². The Morgan fingerprint density at radius 3 is 2.38 bits per heavy atom. The Morgan fingerprint density at radius 1 is 1.05 bits per heavy atom. The molecule has 39 heavy (non-hydrogen) atoms. The Kier molecular flexibility index (Phi) is 8.33. The minimum atomic E-state index is -4.56. The number of nitrogens with zero attached hydrogens (tertiary/aromatic N) is 6. The van der Waals surface area contributed by atoms with Crippen molar-refractivity contribution in [3.05, 3.63) is 79.3 Å². The van der Waals surface area contributed by atoms with Crippen LogP contribution < -0.4 is 28.3 Å². The van der Waals surface area contributed by atoms with Crippen LogP contribution in [0.15, 0.2) is 43.0 Å². The molecule has 0 N–H and O–H groups in total. The average molecular weight is 529 g/mol. The van der Waals surface area contributed by atoms with E-state index >= 15 is 0 Å². The molecule has 5 rings (SSSR count). The molecule has 1 aromatic carbocycles. The standard InChI is InChI=1S/C27H25F3N6O2.Li/c1-15(2)36-12-20(27(28,29)30)34-24(36)19-7-5-17(6-8-19)13-38-25-16(3)11-31-23(35-25)21-22(18-9-10-18)32-14-33-26(21)37-4;/h5-8,11-12,14-15,18H,1-2,9-10,13H2,3-4H3;/q-2;+1. The minimum absolute atomic E-state index is 0. The molecule has 0 aliphatic heterocycles. The van der Waals surface area contributed by atoms with E-state index in [1.54, 1.807) is 37.6 Å². The number of benzene rings is 1. The summed E-state index contributed by atoms with van der Waals surface area (Å²) in [5.41, 5.74) is 2.58. The van der Waals surface area contributed by atoms with E-state index in [-0.39, 0.29) is 31.3 Å². The van der Waals surface area contributed by atoms with Gasteiger partial charge in [-0.05, 0) is 25.3 Å². The summed E-state index contributed by atoms with van der Waals surface area (Å²) in [5, 5.41) is 0. The van der Waals surface area contributed by atoms with E-state index in [1.165, 1.54) is 10.9 Å². The Balaban J connectivity index is 0.00000353. The molecule has 0 radical (unpaired) electrons. The predicted octanol–water partition coefficient (Wildman–Crippen LogP) is 2.80. The average Bonchev–Trinajstić information content (AvgIpc) is 3.64. The van der Waals surface area contributed by atoms with Gasteiger partial charge in [0.25, 0.3) is 0 Å². The second-order valence-corrected chi connectivity index (χ2v) is 9.09. The second-order valence-electron chi connectivity index (χ2n) is 9.09. The molecule has 1 aliphatic carbocycles. The molecular weight excluding hydrogens is 504 g/mol. The van der Waals surface area contributed by atoms with Crippen molar-refractivity contribution in [3.63, 3.8) is 0 Å². The van der Waals surface area contributed by atoms with Crippen LogP contribution in [0.4, 0.5) is 13.2 Å². The molecule has 0 spiro atoms. The zero-order valence-electron chi connectivity index (χ0n) is 21.9. The Bertz CT molecular complexity index is 1450. The molecule has 4 aromatic rings. The van der Waals surface area contributed by atoms with Gasteiger partial charge in [0.2, 0.25) is 11.8 Å². The van der Waals surface area contributed by atoms with Gasteiger partial charge >= 0.3 is 25.0 Å². The van der Waals surface area contributed by atoms with Crippen molar-refractivity contribution in [3.8, 4) is 34.5 Å². The number of aryl methyl sites for hydroxylation is 1. The third-order valence-corrected chi connectivity index (χ3v) is 6.15. The van der Waals surface area contributed by atoms with Crippen LogP contribution in [-0.2, 0) is 12.8 Å². The van der Waals surface area contributed by atoms with Crippen LogP contribution >= 0.6 is 0 Å². The Hall–Kier alpha value is -3.42. The quantitative estimate of drug-likeness (QED) is 0.256. The number of halogens is 3. The van der Waals surface area contributed by atoms with Gasteiger partial charge in [0.05, 0.1) is 12.8 Å². The zero-order chi connectivity index (χ0) is 27.0. The van der Waals surface area contributed by atoms with Crippen LogP contribution in [0.25, 0.3) is 22.8 Å². The number of aromatic nitrogens is 6. The summed E-state index contributed by atoms with van der Waals surface area (Å²) in [5.74, 6) is 1.70. The maximum atomic E-state index is 13.2. The molecule has 0 bridgehead atoms. The SMILES string of the molecule is [CH2-]C([CH2-])n1cc(C(F)(F)F)nc1-c1ccc(COc2nc(-c3c(OC)ncnc3C3CC3)ncc2C)cc1.[Li+]. The second kappa shape index (κ2) is 11.4. The summed E-state index contributed by atoms with van der Waals surface area (Å²) in [6.45, 7) is 9.50. The van der Waals surface area contributed by atoms with Gasteiger partial charge in [-0.15, -0.1) is 0 Å².